The van der Waals surface area contributed by atoms with E-state index >= 15 is 0 Å². The first-order valence-corrected chi connectivity index (χ1v) is 8.56. The lowest BCUT2D eigenvalue weighted by Gasteiger charge is -2.12. The lowest BCUT2D eigenvalue weighted by molar-refractivity contribution is -0.889. The Bertz CT molecular complexity index is 315. The number of nitriles is 1. The van der Waals surface area contributed by atoms with Crippen LogP contribution in [0.25, 0.3) is 5.41 Å². The molecule has 2 atom stereocenters. The summed E-state index contributed by atoms with van der Waals surface area (Å²) < 4.78 is 0. The van der Waals surface area contributed by atoms with E-state index < -0.39 is 0 Å². The molecule has 1 fully saturated rings. The van der Waals surface area contributed by atoms with Gasteiger partial charge in [0.2, 0.25) is 0 Å². The van der Waals surface area contributed by atoms with Gasteiger partial charge in [0.1, 0.15) is 0 Å². The van der Waals surface area contributed by atoms with Crippen LogP contribution in [0.15, 0.2) is 4.99 Å². The molecule has 0 aromatic rings. The van der Waals surface area contributed by atoms with Crippen molar-refractivity contribution >= 4 is 6.01 Å². The first-order valence-electron chi connectivity index (χ1n) is 8.56. The van der Waals surface area contributed by atoms with Crippen molar-refractivity contribution in [3.05, 3.63) is 5.41 Å². The molecule has 120 valence electrons. The predicted octanol–water partition coefficient (Wildman–Crippen LogP) is 3.26. The van der Waals surface area contributed by atoms with Crippen LogP contribution in [0.3, 0.4) is 0 Å². The molecule has 1 N–H and O–H groups in total. The molecular formula is C17H32N4. The third-order valence-electron chi connectivity index (χ3n) is 4.11. The summed E-state index contributed by atoms with van der Waals surface area (Å²) in [6, 6.07) is 1.28. The van der Waals surface area contributed by atoms with Crippen LogP contribution in [0, 0.1) is 17.4 Å². The number of unbranched alkanes of at least 4 members (excludes halogenated alkanes) is 7. The fourth-order valence-electron chi connectivity index (χ4n) is 2.91. The highest BCUT2D eigenvalue weighted by Crippen LogP contribution is 2.08. The van der Waals surface area contributed by atoms with Crippen LogP contribution in [-0.2, 0) is 0 Å². The quantitative estimate of drug-likeness (QED) is 0.396. The lowest BCUT2D eigenvalue weighted by atomic mass is 10.1. The van der Waals surface area contributed by atoms with E-state index in [1.54, 1.807) is 0 Å². The van der Waals surface area contributed by atoms with Gasteiger partial charge in [-0.2, -0.15) is 5.26 Å². The van der Waals surface area contributed by atoms with Gasteiger partial charge in [0.05, 0.1) is 25.8 Å². The Morgan fingerprint density at radius 1 is 1.14 bits per heavy atom. The summed E-state index contributed by atoms with van der Waals surface area (Å²) in [4.78, 5) is 4.46. The minimum absolute atomic E-state index is 0.990. The molecule has 0 saturated carbocycles. The largest absolute Gasteiger partial charge is 0.422 e. The third kappa shape index (κ3) is 13.6. The Morgan fingerprint density at radius 2 is 1.76 bits per heavy atom. The molecule has 0 aliphatic carbocycles. The summed E-state index contributed by atoms with van der Waals surface area (Å²) in [6.07, 6.45) is 14.4. The van der Waals surface area contributed by atoms with Crippen molar-refractivity contribution in [1.29, 1.82) is 5.26 Å². The van der Waals surface area contributed by atoms with Crippen molar-refractivity contribution in [2.24, 2.45) is 10.9 Å². The van der Waals surface area contributed by atoms with Crippen molar-refractivity contribution in [2.75, 3.05) is 19.6 Å². The summed E-state index contributed by atoms with van der Waals surface area (Å²) in [7, 11) is 0. The fraction of sp³-hybridized carbons (Fsp3) is 0.882. The number of likely N-dealkylation sites (tertiary alicyclic amines) is 1. The molecule has 0 spiro atoms. The highest BCUT2D eigenvalue weighted by molar-refractivity contribution is 5.46. The summed E-state index contributed by atoms with van der Waals surface area (Å²) in [5, 5.41) is 14.9. The molecule has 4 nitrogen and oxygen atoms in total. The van der Waals surface area contributed by atoms with Gasteiger partial charge >= 0.3 is 0 Å². The normalized spacial score (nSPS) is 20.0. The molecule has 0 aromatic heterocycles. The van der Waals surface area contributed by atoms with Crippen molar-refractivity contribution in [3.8, 4) is 6.19 Å². The van der Waals surface area contributed by atoms with Crippen LogP contribution < -0.4 is 4.90 Å². The fourth-order valence-corrected chi connectivity index (χ4v) is 2.91. The topological polar surface area (TPSA) is 62.9 Å². The van der Waals surface area contributed by atoms with E-state index in [4.69, 9.17) is 10.7 Å². The van der Waals surface area contributed by atoms with E-state index in [9.17, 15) is 0 Å². The number of aliphatic imine (C=N–C) groups is 1. The predicted molar refractivity (Wildman–Crippen MR) is 88.4 cm³/mol. The lowest BCUT2D eigenvalue weighted by Crippen LogP contribution is -3.10. The maximum absolute atomic E-state index is 7.43. The van der Waals surface area contributed by atoms with Crippen LogP contribution in [-0.4, -0.2) is 25.6 Å². The van der Waals surface area contributed by atoms with Gasteiger partial charge < -0.3 is 15.3 Å². The zero-order valence-corrected chi connectivity index (χ0v) is 13.9. The summed E-state index contributed by atoms with van der Waals surface area (Å²) >= 11 is 0. The number of hydrogen-bond donors (Lipinski definition) is 1. The molecule has 2 unspecified atom stereocenters. The number of nitrogens with zero attached hydrogens (tertiary/aromatic N) is 3. The summed E-state index contributed by atoms with van der Waals surface area (Å²) in [5.41, 5.74) is 0. The Balaban J connectivity index is 0.000000690. The van der Waals surface area contributed by atoms with Gasteiger partial charge in [-0.05, 0) is 12.8 Å². The molecular weight excluding hydrogens is 260 g/mol. The Kier molecular flexibility index (Phi) is 14.4. The van der Waals surface area contributed by atoms with Crippen LogP contribution in [0.4, 0.5) is 0 Å². The van der Waals surface area contributed by atoms with Crippen LogP contribution in [0.1, 0.15) is 71.6 Å². The smallest absolute Gasteiger partial charge is 0.0925 e. The van der Waals surface area contributed by atoms with E-state index in [-0.39, 0.29) is 0 Å². The average molecular weight is 292 g/mol. The van der Waals surface area contributed by atoms with Gasteiger partial charge in [-0.25, -0.2) is 0 Å². The maximum atomic E-state index is 7.43. The molecule has 1 aliphatic rings. The van der Waals surface area contributed by atoms with Gasteiger partial charge in [-0.1, -0.05) is 52.4 Å². The van der Waals surface area contributed by atoms with E-state index in [0.717, 1.165) is 5.92 Å². The van der Waals surface area contributed by atoms with E-state index in [0.29, 0.717) is 0 Å². The number of nitrogens with one attached hydrogen (secondary N) is 1. The second-order valence-electron chi connectivity index (χ2n) is 6.13. The van der Waals surface area contributed by atoms with Crippen molar-refractivity contribution in [3.63, 3.8) is 0 Å². The molecule has 1 heterocycles. The molecule has 0 radical (unpaired) electrons. The summed E-state index contributed by atoms with van der Waals surface area (Å²) in [5.74, 6) is 0.990. The van der Waals surface area contributed by atoms with E-state index in [2.05, 4.69) is 18.8 Å². The van der Waals surface area contributed by atoms with Gasteiger partial charge in [0.25, 0.3) is 0 Å². The monoisotopic (exact) mass is 292 g/mol. The first-order chi connectivity index (χ1) is 10.2. The molecule has 0 amide bonds. The van der Waals surface area contributed by atoms with E-state index in [1.807, 2.05) is 4.90 Å². The SMILES string of the molecule is CCCCCCCCCC[NH+]1CCC(C)C1.N#CN=C=[N-]. The van der Waals surface area contributed by atoms with Gasteiger partial charge in [-0.3, -0.25) is 0 Å². The third-order valence-corrected chi connectivity index (χ3v) is 4.11. The zero-order chi connectivity index (χ0) is 15.8. The molecule has 1 saturated heterocycles. The second-order valence-corrected chi connectivity index (χ2v) is 6.13. The highest BCUT2D eigenvalue weighted by Gasteiger charge is 2.21. The number of hydrogen-bond acceptors (Lipinski definition) is 2. The van der Waals surface area contributed by atoms with Crippen molar-refractivity contribution < 1.29 is 4.90 Å². The molecule has 0 aromatic carbocycles. The van der Waals surface area contributed by atoms with Gasteiger partial charge in [0.15, 0.2) is 0 Å². The number of quaternary nitrogens is 1. The summed E-state index contributed by atoms with van der Waals surface area (Å²) in [6.45, 7) is 9.02. The standard InChI is InChI=1S/C15H31N.C2N3/c1-3-4-5-6-7-8-9-10-12-16-13-11-15(2)14-16;3-1-5-2-4/h15H,3-14H2,1-2H3;/q;-1/p+1. The van der Waals surface area contributed by atoms with Crippen molar-refractivity contribution in [1.82, 2.24) is 0 Å². The molecule has 21 heavy (non-hydrogen) atoms. The van der Waals surface area contributed by atoms with Crippen LogP contribution in [0.2, 0.25) is 0 Å². The second kappa shape index (κ2) is 15.2. The Morgan fingerprint density at radius 3 is 2.19 bits per heavy atom. The highest BCUT2D eigenvalue weighted by atomic mass is 15.1. The molecule has 0 bridgehead atoms. The van der Waals surface area contributed by atoms with Crippen molar-refractivity contribution in [2.45, 2.75) is 71.6 Å². The number of rotatable bonds is 9. The van der Waals surface area contributed by atoms with Gasteiger partial charge in [-0.15, -0.1) is 6.01 Å². The van der Waals surface area contributed by atoms with Gasteiger partial charge in [0, 0.05) is 12.3 Å². The Labute approximate surface area is 130 Å². The maximum Gasteiger partial charge on any atom is 0.0925 e. The molecule has 1 rings (SSSR count). The minimum Gasteiger partial charge on any atom is -0.422 e. The van der Waals surface area contributed by atoms with Crippen LogP contribution >= 0.6 is 0 Å². The molecule has 4 heteroatoms. The zero-order valence-electron chi connectivity index (χ0n) is 13.9. The molecule has 1 aliphatic heterocycles. The minimum atomic E-state index is 0.990. The first kappa shape index (κ1) is 19.8. The average Bonchev–Trinajstić information content (AvgIpc) is 2.89. The Hall–Kier alpha value is -1.17. The van der Waals surface area contributed by atoms with E-state index in [1.165, 1.54) is 89.6 Å². The van der Waals surface area contributed by atoms with Crippen LogP contribution in [0.5, 0.6) is 0 Å².